The molecule has 0 bridgehead atoms. The van der Waals surface area contributed by atoms with Crippen molar-refractivity contribution in [3.05, 3.63) is 29.9 Å². The second-order valence-corrected chi connectivity index (χ2v) is 7.61. The Bertz CT molecular complexity index is 802. The predicted molar refractivity (Wildman–Crippen MR) is 97.7 cm³/mol. The number of aromatic nitrogens is 5. The van der Waals surface area contributed by atoms with Crippen molar-refractivity contribution in [3.63, 3.8) is 0 Å². The SMILES string of the molecule is Cn1ccnc1[C@@H](NC(=O)N1CCC(c2nnc(CO)n2C)CC1)C1CC1. The van der Waals surface area contributed by atoms with Gasteiger partial charge in [-0.3, -0.25) is 0 Å². The molecule has 0 aromatic carbocycles. The smallest absolute Gasteiger partial charge is 0.317 e. The van der Waals surface area contributed by atoms with Crippen LogP contribution in [0.3, 0.4) is 0 Å². The number of likely N-dealkylation sites (tertiary alicyclic amines) is 1. The van der Waals surface area contributed by atoms with Crippen LogP contribution >= 0.6 is 0 Å². The first-order chi connectivity index (χ1) is 13.1. The Morgan fingerprint density at radius 2 is 2.00 bits per heavy atom. The number of rotatable bonds is 5. The number of urea groups is 1. The minimum Gasteiger partial charge on any atom is -0.388 e. The molecule has 27 heavy (non-hydrogen) atoms. The van der Waals surface area contributed by atoms with Gasteiger partial charge in [-0.05, 0) is 31.6 Å². The Kier molecular flexibility index (Phi) is 4.86. The lowest BCUT2D eigenvalue weighted by atomic mass is 9.96. The van der Waals surface area contributed by atoms with Gasteiger partial charge in [0.2, 0.25) is 0 Å². The Hall–Kier alpha value is -2.42. The van der Waals surface area contributed by atoms with Crippen LogP contribution in [0.1, 0.15) is 55.1 Å². The molecule has 1 atom stereocenters. The predicted octanol–water partition coefficient (Wildman–Crippen LogP) is 1.08. The quantitative estimate of drug-likeness (QED) is 0.817. The summed E-state index contributed by atoms with van der Waals surface area (Å²) in [7, 11) is 3.85. The van der Waals surface area contributed by atoms with Gasteiger partial charge in [0.25, 0.3) is 0 Å². The maximum atomic E-state index is 12.8. The van der Waals surface area contributed by atoms with Gasteiger partial charge in [-0.25, -0.2) is 9.78 Å². The van der Waals surface area contributed by atoms with E-state index in [1.54, 1.807) is 6.20 Å². The highest BCUT2D eigenvalue weighted by molar-refractivity contribution is 5.74. The molecule has 1 aliphatic carbocycles. The summed E-state index contributed by atoms with van der Waals surface area (Å²) in [6.45, 7) is 1.27. The van der Waals surface area contributed by atoms with E-state index in [1.165, 1.54) is 0 Å². The number of nitrogens with zero attached hydrogens (tertiary/aromatic N) is 6. The number of carbonyl (C=O) groups is 1. The zero-order valence-electron chi connectivity index (χ0n) is 15.9. The van der Waals surface area contributed by atoms with Gasteiger partial charge in [0.05, 0.1) is 6.04 Å². The lowest BCUT2D eigenvalue weighted by Crippen LogP contribution is -2.46. The third kappa shape index (κ3) is 3.55. The van der Waals surface area contributed by atoms with Gasteiger partial charge in [-0.15, -0.1) is 10.2 Å². The monoisotopic (exact) mass is 373 g/mol. The molecular formula is C18H27N7O2. The molecule has 0 spiro atoms. The van der Waals surface area contributed by atoms with Crippen LogP contribution in [-0.2, 0) is 20.7 Å². The molecule has 2 N–H and O–H groups in total. The standard InChI is InChI=1S/C18H27N7O2/c1-23-10-7-19-17(23)15(12-3-4-12)20-18(27)25-8-5-13(6-9-25)16-22-21-14(11-26)24(16)2/h7,10,12-13,15,26H,3-6,8-9,11H2,1-2H3,(H,20,27)/t15-/m0/s1. The fourth-order valence-electron chi connectivity index (χ4n) is 3.93. The number of hydrogen-bond acceptors (Lipinski definition) is 5. The second kappa shape index (κ2) is 7.30. The van der Waals surface area contributed by atoms with E-state index in [-0.39, 0.29) is 24.6 Å². The largest absolute Gasteiger partial charge is 0.388 e. The highest BCUT2D eigenvalue weighted by atomic mass is 16.3. The molecule has 2 fully saturated rings. The van der Waals surface area contributed by atoms with Crippen molar-refractivity contribution >= 4 is 6.03 Å². The molecule has 2 amide bonds. The molecule has 3 heterocycles. The van der Waals surface area contributed by atoms with E-state index in [0.29, 0.717) is 24.8 Å². The van der Waals surface area contributed by atoms with E-state index >= 15 is 0 Å². The van der Waals surface area contributed by atoms with E-state index in [1.807, 2.05) is 34.3 Å². The molecule has 0 unspecified atom stereocenters. The first-order valence-corrected chi connectivity index (χ1v) is 9.60. The van der Waals surface area contributed by atoms with Crippen molar-refractivity contribution in [1.29, 1.82) is 0 Å². The molecule has 0 radical (unpaired) electrons. The van der Waals surface area contributed by atoms with Crippen LogP contribution in [0.25, 0.3) is 0 Å². The number of piperidine rings is 1. The summed E-state index contributed by atoms with van der Waals surface area (Å²) < 4.78 is 3.85. The number of carbonyl (C=O) groups excluding carboxylic acids is 1. The Morgan fingerprint density at radius 3 is 2.56 bits per heavy atom. The van der Waals surface area contributed by atoms with Gasteiger partial charge in [0.1, 0.15) is 18.3 Å². The summed E-state index contributed by atoms with van der Waals surface area (Å²) in [6, 6.07) is -0.0246. The van der Waals surface area contributed by atoms with E-state index in [4.69, 9.17) is 0 Å². The van der Waals surface area contributed by atoms with E-state index < -0.39 is 0 Å². The molecule has 2 aromatic rings. The number of aryl methyl sites for hydroxylation is 1. The number of aliphatic hydroxyl groups excluding tert-OH is 1. The first-order valence-electron chi connectivity index (χ1n) is 9.60. The van der Waals surface area contributed by atoms with E-state index in [0.717, 1.165) is 37.3 Å². The summed E-state index contributed by atoms with van der Waals surface area (Å²) in [5.41, 5.74) is 0. The lowest BCUT2D eigenvalue weighted by molar-refractivity contribution is 0.174. The first kappa shape index (κ1) is 18.0. The average Bonchev–Trinajstić information content (AvgIpc) is 3.33. The molecule has 146 valence electrons. The fraction of sp³-hybridized carbons (Fsp3) is 0.667. The van der Waals surface area contributed by atoms with E-state index in [9.17, 15) is 9.90 Å². The molecule has 2 aromatic heterocycles. The molecule has 9 nitrogen and oxygen atoms in total. The van der Waals surface area contributed by atoms with Crippen LogP contribution in [0.15, 0.2) is 12.4 Å². The van der Waals surface area contributed by atoms with Crippen LogP contribution in [0.2, 0.25) is 0 Å². The molecule has 1 aliphatic heterocycles. The maximum Gasteiger partial charge on any atom is 0.317 e. The lowest BCUT2D eigenvalue weighted by Gasteiger charge is -2.32. The average molecular weight is 373 g/mol. The molecule has 4 rings (SSSR count). The van der Waals surface area contributed by atoms with E-state index in [2.05, 4.69) is 20.5 Å². The summed E-state index contributed by atoms with van der Waals surface area (Å²) in [6.07, 6.45) is 7.68. The van der Waals surface area contributed by atoms with Gasteiger partial charge < -0.3 is 24.5 Å². The normalized spacial score (nSPS) is 19.3. The van der Waals surface area contributed by atoms with Crippen molar-refractivity contribution in [3.8, 4) is 0 Å². The minimum atomic E-state index is -0.111. The second-order valence-electron chi connectivity index (χ2n) is 7.61. The minimum absolute atomic E-state index is 0.0117. The van der Waals surface area contributed by atoms with Crippen molar-refractivity contribution < 1.29 is 9.90 Å². The fourth-order valence-corrected chi connectivity index (χ4v) is 3.93. The maximum absolute atomic E-state index is 12.8. The molecule has 9 heteroatoms. The number of hydrogen-bond donors (Lipinski definition) is 2. The van der Waals surface area contributed by atoms with Gasteiger partial charge >= 0.3 is 6.03 Å². The molecule has 1 saturated heterocycles. The number of imidazole rings is 1. The topological polar surface area (TPSA) is 101 Å². The van der Waals surface area contributed by atoms with Crippen LogP contribution in [-0.4, -0.2) is 53.4 Å². The van der Waals surface area contributed by atoms with Crippen LogP contribution < -0.4 is 5.32 Å². The summed E-state index contributed by atoms with van der Waals surface area (Å²) in [4.78, 5) is 19.1. The molecule has 2 aliphatic rings. The Morgan fingerprint density at radius 1 is 1.26 bits per heavy atom. The number of amides is 2. The van der Waals surface area contributed by atoms with Crippen LogP contribution in [0.4, 0.5) is 4.79 Å². The summed E-state index contributed by atoms with van der Waals surface area (Å²) in [5.74, 6) is 3.15. The number of aliphatic hydroxyl groups is 1. The van der Waals surface area contributed by atoms with Crippen molar-refractivity contribution in [2.45, 2.75) is 44.2 Å². The van der Waals surface area contributed by atoms with Crippen molar-refractivity contribution in [2.24, 2.45) is 20.0 Å². The summed E-state index contributed by atoms with van der Waals surface area (Å²) in [5, 5.41) is 20.7. The van der Waals surface area contributed by atoms with Gasteiger partial charge in [-0.1, -0.05) is 0 Å². The highest BCUT2D eigenvalue weighted by Gasteiger charge is 2.37. The van der Waals surface area contributed by atoms with Crippen LogP contribution in [0.5, 0.6) is 0 Å². The van der Waals surface area contributed by atoms with Gasteiger partial charge in [-0.2, -0.15) is 0 Å². The Labute approximate surface area is 158 Å². The molecule has 1 saturated carbocycles. The van der Waals surface area contributed by atoms with Crippen LogP contribution in [0, 0.1) is 5.92 Å². The molecular weight excluding hydrogens is 346 g/mol. The summed E-state index contributed by atoms with van der Waals surface area (Å²) >= 11 is 0. The highest BCUT2D eigenvalue weighted by Crippen LogP contribution is 2.40. The zero-order valence-corrected chi connectivity index (χ0v) is 15.9. The zero-order chi connectivity index (χ0) is 19.0. The third-order valence-corrected chi connectivity index (χ3v) is 5.80. The van der Waals surface area contributed by atoms with Gasteiger partial charge in [0.15, 0.2) is 5.82 Å². The number of nitrogens with one attached hydrogen (secondary N) is 1. The van der Waals surface area contributed by atoms with Gasteiger partial charge in [0, 0.05) is 45.5 Å². The van der Waals surface area contributed by atoms with Crippen molar-refractivity contribution in [1.82, 2.24) is 34.5 Å². The van der Waals surface area contributed by atoms with Crippen molar-refractivity contribution in [2.75, 3.05) is 13.1 Å². The Balaban J connectivity index is 1.37. The third-order valence-electron chi connectivity index (χ3n) is 5.80.